The van der Waals surface area contributed by atoms with Gasteiger partial charge in [0.1, 0.15) is 18.2 Å². The highest BCUT2D eigenvalue weighted by Crippen LogP contribution is 2.14. The molecule has 0 saturated carbocycles. The van der Waals surface area contributed by atoms with Gasteiger partial charge < -0.3 is 15.5 Å². The first-order valence-electron chi connectivity index (χ1n) is 6.03. The van der Waals surface area contributed by atoms with Gasteiger partial charge in [-0.25, -0.2) is 15.8 Å². The van der Waals surface area contributed by atoms with Crippen molar-refractivity contribution in [2.45, 2.75) is 13.2 Å². The van der Waals surface area contributed by atoms with Crippen molar-refractivity contribution in [2.24, 2.45) is 5.84 Å². The van der Waals surface area contributed by atoms with E-state index in [-0.39, 0.29) is 0 Å². The van der Waals surface area contributed by atoms with E-state index in [9.17, 15) is 0 Å². The number of nitrogens with zero attached hydrogens (tertiary/aromatic N) is 2. The minimum Gasteiger partial charge on any atom is -0.377 e. The summed E-state index contributed by atoms with van der Waals surface area (Å²) in [5.41, 5.74) is 3.57. The lowest BCUT2D eigenvalue weighted by atomic mass is 10.2. The van der Waals surface area contributed by atoms with Crippen LogP contribution in [-0.2, 0) is 17.9 Å². The van der Waals surface area contributed by atoms with Crippen LogP contribution in [0.4, 0.5) is 11.6 Å². The number of hydrazine groups is 1. The Balaban J connectivity index is 2.10. The monoisotopic (exact) mass is 293 g/mol. The third-order valence-corrected chi connectivity index (χ3v) is 2.79. The average Bonchev–Trinajstić information content (AvgIpc) is 2.45. The van der Waals surface area contributed by atoms with Crippen LogP contribution in [-0.4, -0.2) is 17.1 Å². The Kier molecular flexibility index (Phi) is 5.11. The lowest BCUT2D eigenvalue weighted by Gasteiger charge is -2.09. The maximum Gasteiger partial charge on any atom is 0.158 e. The number of halogens is 1. The number of anilines is 2. The Labute approximate surface area is 122 Å². The van der Waals surface area contributed by atoms with Crippen molar-refractivity contribution in [2.75, 3.05) is 17.9 Å². The third-order valence-electron chi connectivity index (χ3n) is 2.56. The van der Waals surface area contributed by atoms with Crippen molar-refractivity contribution in [3.63, 3.8) is 0 Å². The van der Waals surface area contributed by atoms with Crippen LogP contribution in [0.3, 0.4) is 0 Å². The minimum atomic E-state index is 0.321. The zero-order chi connectivity index (χ0) is 14.4. The molecule has 1 aromatic carbocycles. The molecule has 0 amide bonds. The van der Waals surface area contributed by atoms with E-state index in [0.717, 1.165) is 5.56 Å². The van der Waals surface area contributed by atoms with E-state index in [1.54, 1.807) is 13.2 Å². The maximum atomic E-state index is 5.94. The highest BCUT2D eigenvalue weighted by atomic mass is 35.5. The van der Waals surface area contributed by atoms with E-state index in [4.69, 9.17) is 22.2 Å². The van der Waals surface area contributed by atoms with E-state index < -0.39 is 0 Å². The van der Waals surface area contributed by atoms with Crippen LogP contribution in [0.15, 0.2) is 30.3 Å². The molecule has 0 bridgehead atoms. The Morgan fingerprint density at radius 3 is 2.75 bits per heavy atom. The summed E-state index contributed by atoms with van der Waals surface area (Å²) in [5, 5.41) is 3.91. The van der Waals surface area contributed by atoms with E-state index in [0.29, 0.717) is 35.6 Å². The molecule has 0 atom stereocenters. The van der Waals surface area contributed by atoms with Gasteiger partial charge in [-0.2, -0.15) is 0 Å². The summed E-state index contributed by atoms with van der Waals surface area (Å²) in [4.78, 5) is 8.51. The van der Waals surface area contributed by atoms with Gasteiger partial charge >= 0.3 is 0 Å². The fourth-order valence-electron chi connectivity index (χ4n) is 1.69. The normalized spacial score (nSPS) is 10.3. The zero-order valence-electron chi connectivity index (χ0n) is 11.1. The molecule has 4 N–H and O–H groups in total. The second-order valence-electron chi connectivity index (χ2n) is 4.12. The number of nitrogens with two attached hydrogens (primary N) is 1. The molecule has 1 heterocycles. The van der Waals surface area contributed by atoms with Gasteiger partial charge in [0.25, 0.3) is 0 Å². The summed E-state index contributed by atoms with van der Waals surface area (Å²) in [6.45, 7) is 0.926. The number of hydrogen-bond donors (Lipinski definition) is 3. The molecule has 0 radical (unpaired) electrons. The molecule has 0 unspecified atom stereocenters. The lowest BCUT2D eigenvalue weighted by Crippen LogP contribution is -2.12. The first-order chi connectivity index (χ1) is 9.71. The number of methoxy groups -OCH3 is 1. The number of nitrogen functional groups attached to an aromatic ring is 1. The summed E-state index contributed by atoms with van der Waals surface area (Å²) < 4.78 is 5.02. The van der Waals surface area contributed by atoms with Gasteiger partial charge in [-0.1, -0.05) is 23.7 Å². The third kappa shape index (κ3) is 4.06. The number of ether oxygens (including phenoxy) is 1. The predicted octanol–water partition coefficient (Wildman–Crippen LogP) is 2.17. The first-order valence-corrected chi connectivity index (χ1v) is 6.41. The fraction of sp³-hybridized carbons (Fsp3) is 0.231. The Morgan fingerprint density at radius 1 is 1.25 bits per heavy atom. The maximum absolute atomic E-state index is 5.94. The molecule has 7 heteroatoms. The van der Waals surface area contributed by atoms with Crippen molar-refractivity contribution in [3.05, 3.63) is 46.7 Å². The highest BCUT2D eigenvalue weighted by molar-refractivity contribution is 6.30. The Morgan fingerprint density at radius 2 is 2.05 bits per heavy atom. The van der Waals surface area contributed by atoms with E-state index in [1.807, 2.05) is 24.3 Å². The lowest BCUT2D eigenvalue weighted by molar-refractivity contribution is 0.178. The van der Waals surface area contributed by atoms with Crippen molar-refractivity contribution in [1.82, 2.24) is 9.97 Å². The second-order valence-corrected chi connectivity index (χ2v) is 4.55. The molecule has 1 aromatic heterocycles. The van der Waals surface area contributed by atoms with Gasteiger partial charge in [-0.05, 0) is 17.7 Å². The topological polar surface area (TPSA) is 85.1 Å². The van der Waals surface area contributed by atoms with E-state index in [2.05, 4.69) is 20.7 Å². The molecule has 0 saturated heterocycles. The van der Waals surface area contributed by atoms with Gasteiger partial charge in [-0.3, -0.25) is 0 Å². The predicted molar refractivity (Wildman–Crippen MR) is 79.3 cm³/mol. The quantitative estimate of drug-likeness (QED) is 0.559. The minimum absolute atomic E-state index is 0.321. The summed E-state index contributed by atoms with van der Waals surface area (Å²) in [5.74, 6) is 7.13. The van der Waals surface area contributed by atoms with Gasteiger partial charge in [-0.15, -0.1) is 0 Å². The molecular formula is C13H16ClN5O. The van der Waals surface area contributed by atoms with Crippen LogP contribution in [0.2, 0.25) is 5.02 Å². The Hall–Kier alpha value is -1.89. The van der Waals surface area contributed by atoms with Crippen molar-refractivity contribution in [3.8, 4) is 0 Å². The molecule has 0 aliphatic rings. The number of rotatable bonds is 6. The molecule has 0 aliphatic carbocycles. The average molecular weight is 294 g/mol. The molecule has 0 spiro atoms. The smallest absolute Gasteiger partial charge is 0.158 e. The molecule has 20 heavy (non-hydrogen) atoms. The van der Waals surface area contributed by atoms with Crippen LogP contribution in [0, 0.1) is 0 Å². The van der Waals surface area contributed by atoms with Gasteiger partial charge in [0.2, 0.25) is 0 Å². The number of hydrogen-bond acceptors (Lipinski definition) is 6. The molecule has 0 aliphatic heterocycles. The SMILES string of the molecule is COCc1nc(NN)cc(NCc2cccc(Cl)c2)n1. The van der Waals surface area contributed by atoms with Crippen LogP contribution in [0.1, 0.15) is 11.4 Å². The molecule has 6 nitrogen and oxygen atoms in total. The van der Waals surface area contributed by atoms with Gasteiger partial charge in [0.15, 0.2) is 5.82 Å². The van der Waals surface area contributed by atoms with Crippen molar-refractivity contribution >= 4 is 23.2 Å². The van der Waals surface area contributed by atoms with Crippen LogP contribution in [0.5, 0.6) is 0 Å². The molecule has 2 rings (SSSR count). The summed E-state index contributed by atoms with van der Waals surface area (Å²) in [7, 11) is 1.59. The van der Waals surface area contributed by atoms with Crippen LogP contribution < -0.4 is 16.6 Å². The summed E-state index contributed by atoms with van der Waals surface area (Å²) in [6.07, 6.45) is 0. The number of benzene rings is 1. The standard InChI is InChI=1S/C13H16ClN5O/c1-20-8-13-17-11(6-12(18-13)19-15)16-7-9-3-2-4-10(14)5-9/h2-6H,7-8,15H2,1H3,(H2,16,17,18,19). The van der Waals surface area contributed by atoms with E-state index >= 15 is 0 Å². The van der Waals surface area contributed by atoms with Crippen LogP contribution in [0.25, 0.3) is 0 Å². The number of nitrogens with one attached hydrogen (secondary N) is 2. The largest absolute Gasteiger partial charge is 0.377 e. The number of aromatic nitrogens is 2. The molecule has 2 aromatic rings. The zero-order valence-corrected chi connectivity index (χ0v) is 11.8. The first kappa shape index (κ1) is 14.5. The molecular weight excluding hydrogens is 278 g/mol. The summed E-state index contributed by atoms with van der Waals surface area (Å²) in [6, 6.07) is 9.35. The second kappa shape index (κ2) is 7.04. The molecule has 106 valence electrons. The fourth-order valence-corrected chi connectivity index (χ4v) is 1.91. The van der Waals surface area contributed by atoms with Gasteiger partial charge in [0.05, 0.1) is 0 Å². The van der Waals surface area contributed by atoms with E-state index in [1.165, 1.54) is 0 Å². The van der Waals surface area contributed by atoms with Crippen molar-refractivity contribution < 1.29 is 4.74 Å². The summed E-state index contributed by atoms with van der Waals surface area (Å²) >= 11 is 5.94. The van der Waals surface area contributed by atoms with Crippen molar-refractivity contribution in [1.29, 1.82) is 0 Å². The van der Waals surface area contributed by atoms with Crippen LogP contribution >= 0.6 is 11.6 Å². The molecule has 0 fully saturated rings. The van der Waals surface area contributed by atoms with Gasteiger partial charge in [0, 0.05) is 24.7 Å². The Bertz CT molecular complexity index is 578. The highest BCUT2D eigenvalue weighted by Gasteiger charge is 2.04.